The minimum Gasteiger partial charge on any atom is -0.484 e. The van der Waals surface area contributed by atoms with E-state index in [9.17, 15) is 9.59 Å². The predicted octanol–water partition coefficient (Wildman–Crippen LogP) is 2.03. The van der Waals surface area contributed by atoms with Crippen molar-refractivity contribution in [2.75, 3.05) is 45.9 Å². The topological polar surface area (TPSA) is 61.9 Å². The van der Waals surface area contributed by atoms with E-state index in [1.807, 2.05) is 36.1 Å². The van der Waals surface area contributed by atoms with Crippen molar-refractivity contribution in [2.45, 2.75) is 39.5 Å². The summed E-state index contributed by atoms with van der Waals surface area (Å²) in [4.78, 5) is 28.0. The number of nitrogens with zero attached hydrogens (tertiary/aromatic N) is 2. The van der Waals surface area contributed by atoms with Crippen LogP contribution in [0.4, 0.5) is 0 Å². The van der Waals surface area contributed by atoms with E-state index in [0.717, 1.165) is 6.42 Å². The molecule has 0 bridgehead atoms. The number of rotatable bonds is 7. The molecule has 0 atom stereocenters. The quantitative estimate of drug-likeness (QED) is 0.792. The molecular weight excluding hydrogens is 342 g/mol. The van der Waals surface area contributed by atoms with Gasteiger partial charge in [0.15, 0.2) is 6.61 Å². The van der Waals surface area contributed by atoms with Gasteiger partial charge < -0.3 is 15.0 Å². The summed E-state index contributed by atoms with van der Waals surface area (Å²) >= 11 is 0. The van der Waals surface area contributed by atoms with Gasteiger partial charge in [-0.05, 0) is 29.5 Å². The Hall–Kier alpha value is -2.08. The Morgan fingerprint density at radius 2 is 1.70 bits per heavy atom. The molecular formula is C21H33N3O3. The first kappa shape index (κ1) is 21.2. The first-order valence-electron chi connectivity index (χ1n) is 9.79. The second-order valence-electron chi connectivity index (χ2n) is 8.07. The van der Waals surface area contributed by atoms with Crippen molar-refractivity contribution in [3.8, 4) is 5.75 Å². The molecule has 2 rings (SSSR count). The highest BCUT2D eigenvalue weighted by atomic mass is 16.5. The van der Waals surface area contributed by atoms with Gasteiger partial charge >= 0.3 is 0 Å². The van der Waals surface area contributed by atoms with Crippen molar-refractivity contribution in [3.05, 3.63) is 29.8 Å². The molecule has 1 aliphatic heterocycles. The van der Waals surface area contributed by atoms with E-state index in [4.69, 9.17) is 4.74 Å². The van der Waals surface area contributed by atoms with E-state index in [-0.39, 0.29) is 23.8 Å². The third-order valence-electron chi connectivity index (χ3n) is 4.75. The maximum atomic E-state index is 12.4. The summed E-state index contributed by atoms with van der Waals surface area (Å²) in [6.07, 6.45) is 0.937. The molecule has 0 spiro atoms. The zero-order valence-corrected chi connectivity index (χ0v) is 17.1. The van der Waals surface area contributed by atoms with E-state index in [0.29, 0.717) is 45.0 Å². The number of ether oxygens (including phenoxy) is 1. The summed E-state index contributed by atoms with van der Waals surface area (Å²) in [6, 6.07) is 7.92. The molecule has 6 nitrogen and oxygen atoms in total. The van der Waals surface area contributed by atoms with Gasteiger partial charge in [-0.15, -0.1) is 0 Å². The van der Waals surface area contributed by atoms with Crippen LogP contribution in [-0.4, -0.2) is 67.5 Å². The smallest absolute Gasteiger partial charge is 0.260 e. The van der Waals surface area contributed by atoms with Crippen LogP contribution in [0.3, 0.4) is 0 Å². The Kier molecular flexibility index (Phi) is 7.66. The second kappa shape index (κ2) is 9.74. The lowest BCUT2D eigenvalue weighted by Gasteiger charge is -2.34. The van der Waals surface area contributed by atoms with Crippen LogP contribution in [0.5, 0.6) is 5.75 Å². The van der Waals surface area contributed by atoms with Gasteiger partial charge in [-0.25, -0.2) is 0 Å². The van der Waals surface area contributed by atoms with Gasteiger partial charge in [0.25, 0.3) is 5.91 Å². The van der Waals surface area contributed by atoms with Gasteiger partial charge in [-0.1, -0.05) is 39.8 Å². The third-order valence-corrected chi connectivity index (χ3v) is 4.75. The van der Waals surface area contributed by atoms with Gasteiger partial charge in [0, 0.05) is 32.7 Å². The van der Waals surface area contributed by atoms with Gasteiger partial charge in [0.2, 0.25) is 5.91 Å². The Labute approximate surface area is 162 Å². The highest BCUT2D eigenvalue weighted by Crippen LogP contribution is 2.24. The van der Waals surface area contributed by atoms with Gasteiger partial charge in [-0.3, -0.25) is 14.5 Å². The average molecular weight is 376 g/mol. The normalized spacial score (nSPS) is 15.5. The highest BCUT2D eigenvalue weighted by Gasteiger charge is 2.22. The van der Waals surface area contributed by atoms with E-state index in [2.05, 4.69) is 31.0 Å². The summed E-state index contributed by atoms with van der Waals surface area (Å²) in [7, 11) is 0. The van der Waals surface area contributed by atoms with Crippen LogP contribution < -0.4 is 10.1 Å². The first-order valence-corrected chi connectivity index (χ1v) is 9.79. The summed E-state index contributed by atoms with van der Waals surface area (Å²) in [6.45, 7) is 12.4. The predicted molar refractivity (Wildman–Crippen MR) is 107 cm³/mol. The molecule has 0 aliphatic carbocycles. The van der Waals surface area contributed by atoms with Crippen LogP contribution >= 0.6 is 0 Å². The van der Waals surface area contributed by atoms with Crippen LogP contribution in [0.2, 0.25) is 0 Å². The van der Waals surface area contributed by atoms with Crippen LogP contribution in [0.15, 0.2) is 24.3 Å². The number of hydrogen-bond acceptors (Lipinski definition) is 4. The molecule has 150 valence electrons. The van der Waals surface area contributed by atoms with Gasteiger partial charge in [0.05, 0.1) is 6.54 Å². The number of carbonyl (C=O) groups excluding carboxylic acids is 2. The number of benzene rings is 1. The maximum Gasteiger partial charge on any atom is 0.260 e. The molecule has 0 aromatic heterocycles. The lowest BCUT2D eigenvalue weighted by molar-refractivity contribution is -0.135. The molecule has 6 heteroatoms. The van der Waals surface area contributed by atoms with Crippen molar-refractivity contribution in [1.29, 1.82) is 0 Å². The Balaban J connectivity index is 1.72. The molecule has 1 saturated heterocycles. The Morgan fingerprint density at radius 1 is 1.07 bits per heavy atom. The van der Waals surface area contributed by atoms with E-state index < -0.39 is 0 Å². The van der Waals surface area contributed by atoms with Crippen LogP contribution in [0.1, 0.15) is 39.7 Å². The fourth-order valence-electron chi connectivity index (χ4n) is 2.97. The van der Waals surface area contributed by atoms with Crippen LogP contribution in [0, 0.1) is 0 Å². The van der Waals surface area contributed by atoms with Gasteiger partial charge in [-0.2, -0.15) is 0 Å². The summed E-state index contributed by atoms with van der Waals surface area (Å²) < 4.78 is 5.66. The van der Waals surface area contributed by atoms with E-state index in [1.54, 1.807) is 0 Å². The third kappa shape index (κ3) is 6.86. The molecule has 1 N–H and O–H groups in total. The monoisotopic (exact) mass is 375 g/mol. The molecule has 0 saturated carbocycles. The molecule has 27 heavy (non-hydrogen) atoms. The number of carbonyl (C=O) groups is 2. The zero-order chi connectivity index (χ0) is 19.9. The molecule has 2 amide bonds. The molecule has 1 heterocycles. The first-order chi connectivity index (χ1) is 12.8. The number of nitrogens with one attached hydrogen (secondary N) is 1. The van der Waals surface area contributed by atoms with Crippen molar-refractivity contribution in [1.82, 2.24) is 15.1 Å². The van der Waals surface area contributed by atoms with Crippen LogP contribution in [-0.2, 0) is 15.0 Å². The SMILES string of the molecule is CCCNC(=O)CN1CCN(C(=O)COc2ccc(C(C)(C)C)cc2)CC1. The summed E-state index contributed by atoms with van der Waals surface area (Å²) in [5.74, 6) is 0.756. The van der Waals surface area contributed by atoms with Crippen molar-refractivity contribution in [3.63, 3.8) is 0 Å². The molecule has 1 aromatic carbocycles. The van der Waals surface area contributed by atoms with Gasteiger partial charge in [0.1, 0.15) is 5.75 Å². The van der Waals surface area contributed by atoms with Crippen molar-refractivity contribution < 1.29 is 14.3 Å². The van der Waals surface area contributed by atoms with E-state index >= 15 is 0 Å². The minimum absolute atomic E-state index is 0.00928. The van der Waals surface area contributed by atoms with E-state index in [1.165, 1.54) is 5.56 Å². The molecule has 1 fully saturated rings. The lowest BCUT2D eigenvalue weighted by Crippen LogP contribution is -2.52. The number of amides is 2. The average Bonchev–Trinajstić information content (AvgIpc) is 2.64. The lowest BCUT2D eigenvalue weighted by atomic mass is 9.87. The summed E-state index contributed by atoms with van der Waals surface area (Å²) in [5.41, 5.74) is 1.34. The Morgan fingerprint density at radius 3 is 2.26 bits per heavy atom. The van der Waals surface area contributed by atoms with Crippen molar-refractivity contribution in [2.24, 2.45) is 0 Å². The highest BCUT2D eigenvalue weighted by molar-refractivity contribution is 5.79. The molecule has 0 radical (unpaired) electrons. The second-order valence-corrected chi connectivity index (χ2v) is 8.07. The summed E-state index contributed by atoms with van der Waals surface area (Å²) in [5, 5.41) is 2.88. The zero-order valence-electron chi connectivity index (χ0n) is 17.1. The maximum absolute atomic E-state index is 12.4. The number of piperazine rings is 1. The molecule has 1 aliphatic rings. The standard InChI is InChI=1S/C21H33N3O3/c1-5-10-22-19(25)15-23-11-13-24(14-12-23)20(26)16-27-18-8-6-17(7-9-18)21(2,3)4/h6-9H,5,10-16H2,1-4H3,(H,22,25). The minimum atomic E-state index is -0.00928. The fraction of sp³-hybridized carbons (Fsp3) is 0.619. The molecule has 0 unspecified atom stereocenters. The fourth-order valence-corrected chi connectivity index (χ4v) is 2.97. The Bertz CT molecular complexity index is 615. The van der Waals surface area contributed by atoms with Crippen LogP contribution in [0.25, 0.3) is 0 Å². The largest absolute Gasteiger partial charge is 0.484 e. The molecule has 1 aromatic rings. The van der Waals surface area contributed by atoms with Crippen molar-refractivity contribution >= 4 is 11.8 Å². The number of hydrogen-bond donors (Lipinski definition) is 1.